The average Bonchev–Trinajstić information content (AvgIpc) is 2.72. The molecule has 1 atom stereocenters. The van der Waals surface area contributed by atoms with Gasteiger partial charge in [0.2, 0.25) is 11.8 Å². The molecule has 0 radical (unpaired) electrons. The second kappa shape index (κ2) is 8.89. The largest absolute Gasteiger partial charge is 0.497 e. The molecule has 0 spiro atoms. The lowest BCUT2D eigenvalue weighted by molar-refractivity contribution is -0.137. The van der Waals surface area contributed by atoms with Crippen molar-refractivity contribution < 1.29 is 14.3 Å². The zero-order valence-electron chi connectivity index (χ0n) is 16.6. The summed E-state index contributed by atoms with van der Waals surface area (Å²) in [5.74, 6) is 0.628. The Labute approximate surface area is 166 Å². The smallest absolute Gasteiger partial charge is 0.239 e. The summed E-state index contributed by atoms with van der Waals surface area (Å²) >= 11 is 0. The third kappa shape index (κ3) is 4.70. The number of likely N-dealkylation sites (N-methyl/N-ethyl adjacent to an activating group) is 1. The maximum Gasteiger partial charge on any atom is 0.239 e. The van der Waals surface area contributed by atoms with Crippen LogP contribution >= 0.6 is 0 Å². The number of fused-ring (bicyclic) bond motifs is 1. The van der Waals surface area contributed by atoms with Crippen molar-refractivity contribution in [2.24, 2.45) is 0 Å². The summed E-state index contributed by atoms with van der Waals surface area (Å²) in [6, 6.07) is 15.0. The highest BCUT2D eigenvalue weighted by atomic mass is 16.5. The van der Waals surface area contributed by atoms with Gasteiger partial charge in [-0.2, -0.15) is 0 Å². The number of carbonyl (C=O) groups excluding carboxylic acids is 2. The van der Waals surface area contributed by atoms with Gasteiger partial charge in [0.25, 0.3) is 0 Å². The van der Waals surface area contributed by atoms with Gasteiger partial charge in [0.05, 0.1) is 19.7 Å². The number of benzene rings is 2. The van der Waals surface area contributed by atoms with E-state index in [4.69, 9.17) is 4.74 Å². The summed E-state index contributed by atoms with van der Waals surface area (Å²) in [6.45, 7) is 3.34. The fourth-order valence-corrected chi connectivity index (χ4v) is 3.37. The quantitative estimate of drug-likeness (QED) is 0.835. The molecule has 0 aliphatic carbocycles. The SMILES string of the molecule is COc1ccc(NC(=O)CN(C)[C@H](C)C(=O)N2CCc3ccccc3C2)cc1. The first kappa shape index (κ1) is 19.9. The number of amides is 2. The van der Waals surface area contributed by atoms with E-state index in [0.717, 1.165) is 12.2 Å². The Hall–Kier alpha value is -2.86. The second-order valence-electron chi connectivity index (χ2n) is 7.15. The van der Waals surface area contributed by atoms with Crippen molar-refractivity contribution in [3.05, 3.63) is 59.7 Å². The van der Waals surface area contributed by atoms with E-state index in [1.807, 2.05) is 24.0 Å². The normalized spacial score (nSPS) is 14.4. The van der Waals surface area contributed by atoms with Gasteiger partial charge in [-0.15, -0.1) is 0 Å². The lowest BCUT2D eigenvalue weighted by Gasteiger charge is -2.33. The van der Waals surface area contributed by atoms with Crippen LogP contribution < -0.4 is 10.1 Å². The number of nitrogens with zero attached hydrogens (tertiary/aromatic N) is 2. The number of methoxy groups -OCH3 is 1. The summed E-state index contributed by atoms with van der Waals surface area (Å²) in [5.41, 5.74) is 3.21. The molecule has 148 valence electrons. The van der Waals surface area contributed by atoms with Crippen molar-refractivity contribution in [3.63, 3.8) is 0 Å². The van der Waals surface area contributed by atoms with Gasteiger partial charge in [-0.3, -0.25) is 14.5 Å². The number of nitrogens with one attached hydrogen (secondary N) is 1. The van der Waals surface area contributed by atoms with E-state index in [2.05, 4.69) is 17.4 Å². The van der Waals surface area contributed by atoms with Crippen LogP contribution in [0.1, 0.15) is 18.1 Å². The highest BCUT2D eigenvalue weighted by Crippen LogP contribution is 2.20. The Bertz CT molecular complexity index is 835. The zero-order valence-corrected chi connectivity index (χ0v) is 16.6. The van der Waals surface area contributed by atoms with Crippen molar-refractivity contribution in [1.82, 2.24) is 9.80 Å². The van der Waals surface area contributed by atoms with Crippen LogP contribution in [-0.4, -0.2) is 54.9 Å². The molecule has 0 bridgehead atoms. The van der Waals surface area contributed by atoms with E-state index in [9.17, 15) is 9.59 Å². The molecule has 2 aromatic rings. The molecule has 0 saturated carbocycles. The Balaban J connectivity index is 1.54. The number of carbonyl (C=O) groups is 2. The maximum atomic E-state index is 12.9. The van der Waals surface area contributed by atoms with E-state index < -0.39 is 0 Å². The highest BCUT2D eigenvalue weighted by Gasteiger charge is 2.27. The summed E-state index contributed by atoms with van der Waals surface area (Å²) in [4.78, 5) is 28.9. The Kier molecular flexibility index (Phi) is 6.31. The van der Waals surface area contributed by atoms with Crippen LogP contribution in [0.5, 0.6) is 5.75 Å². The number of ether oxygens (including phenoxy) is 1. The molecule has 0 unspecified atom stereocenters. The molecule has 28 heavy (non-hydrogen) atoms. The summed E-state index contributed by atoms with van der Waals surface area (Å²) in [6.07, 6.45) is 0.871. The van der Waals surface area contributed by atoms with Crippen molar-refractivity contribution >= 4 is 17.5 Å². The first-order chi connectivity index (χ1) is 13.5. The van der Waals surface area contributed by atoms with Crippen LogP contribution in [0, 0.1) is 0 Å². The highest BCUT2D eigenvalue weighted by molar-refractivity contribution is 5.93. The van der Waals surface area contributed by atoms with Crippen LogP contribution in [0.25, 0.3) is 0 Å². The molecular formula is C22H27N3O3. The summed E-state index contributed by atoms with van der Waals surface area (Å²) in [5, 5.41) is 2.85. The number of rotatable bonds is 6. The molecule has 0 saturated heterocycles. The molecular weight excluding hydrogens is 354 g/mol. The minimum Gasteiger partial charge on any atom is -0.497 e. The average molecular weight is 381 g/mol. The molecule has 0 fully saturated rings. The fourth-order valence-electron chi connectivity index (χ4n) is 3.37. The summed E-state index contributed by atoms with van der Waals surface area (Å²) < 4.78 is 5.11. The molecule has 1 aliphatic rings. The molecule has 6 heteroatoms. The zero-order chi connectivity index (χ0) is 20.1. The molecule has 1 N–H and O–H groups in total. The predicted molar refractivity (Wildman–Crippen MR) is 109 cm³/mol. The van der Waals surface area contributed by atoms with Gasteiger partial charge < -0.3 is 15.0 Å². The van der Waals surface area contributed by atoms with E-state index in [1.54, 1.807) is 43.3 Å². The lowest BCUT2D eigenvalue weighted by atomic mass is 9.99. The molecule has 1 heterocycles. The number of anilines is 1. The van der Waals surface area contributed by atoms with Crippen LogP contribution in [0.4, 0.5) is 5.69 Å². The van der Waals surface area contributed by atoms with Gasteiger partial charge in [0.1, 0.15) is 5.75 Å². The van der Waals surface area contributed by atoms with Crippen molar-refractivity contribution in [2.45, 2.75) is 25.9 Å². The maximum absolute atomic E-state index is 12.9. The lowest BCUT2D eigenvalue weighted by Crippen LogP contribution is -2.49. The van der Waals surface area contributed by atoms with E-state index in [-0.39, 0.29) is 24.4 Å². The Morgan fingerprint density at radius 2 is 1.82 bits per heavy atom. The standard InChI is InChI=1S/C22H27N3O3/c1-16(22(27)25-13-12-17-6-4-5-7-18(17)14-25)24(2)15-21(26)23-19-8-10-20(28-3)11-9-19/h4-11,16H,12-15H2,1-3H3,(H,23,26)/t16-/m1/s1. The van der Waals surface area contributed by atoms with Crippen LogP contribution in [0.15, 0.2) is 48.5 Å². The first-order valence-electron chi connectivity index (χ1n) is 9.47. The van der Waals surface area contributed by atoms with E-state index >= 15 is 0 Å². The van der Waals surface area contributed by atoms with Crippen LogP contribution in [0.3, 0.4) is 0 Å². The molecule has 0 aromatic heterocycles. The van der Waals surface area contributed by atoms with Gasteiger partial charge in [0.15, 0.2) is 0 Å². The van der Waals surface area contributed by atoms with Crippen molar-refractivity contribution in [3.8, 4) is 5.75 Å². The van der Waals surface area contributed by atoms with Gasteiger partial charge >= 0.3 is 0 Å². The van der Waals surface area contributed by atoms with Gasteiger partial charge in [-0.25, -0.2) is 0 Å². The van der Waals surface area contributed by atoms with Crippen molar-refractivity contribution in [2.75, 3.05) is 32.6 Å². The van der Waals surface area contributed by atoms with E-state index in [0.29, 0.717) is 18.8 Å². The minimum atomic E-state index is -0.369. The summed E-state index contributed by atoms with van der Waals surface area (Å²) in [7, 11) is 3.40. The van der Waals surface area contributed by atoms with Crippen molar-refractivity contribution in [1.29, 1.82) is 0 Å². The van der Waals surface area contributed by atoms with Gasteiger partial charge in [-0.1, -0.05) is 24.3 Å². The van der Waals surface area contributed by atoms with E-state index in [1.165, 1.54) is 11.1 Å². The molecule has 1 aliphatic heterocycles. The fraction of sp³-hybridized carbons (Fsp3) is 0.364. The predicted octanol–water partition coefficient (Wildman–Crippen LogP) is 2.54. The Morgan fingerprint density at radius 3 is 2.50 bits per heavy atom. The number of hydrogen-bond acceptors (Lipinski definition) is 4. The third-order valence-corrected chi connectivity index (χ3v) is 5.23. The molecule has 2 aromatic carbocycles. The van der Waals surface area contributed by atoms with Gasteiger partial charge in [0, 0.05) is 18.8 Å². The van der Waals surface area contributed by atoms with Crippen LogP contribution in [0.2, 0.25) is 0 Å². The molecule has 3 rings (SSSR count). The topological polar surface area (TPSA) is 61.9 Å². The van der Waals surface area contributed by atoms with Gasteiger partial charge in [-0.05, 0) is 55.8 Å². The monoisotopic (exact) mass is 381 g/mol. The molecule has 6 nitrogen and oxygen atoms in total. The molecule has 2 amide bonds. The van der Waals surface area contributed by atoms with Crippen LogP contribution in [-0.2, 0) is 22.6 Å². The Morgan fingerprint density at radius 1 is 1.14 bits per heavy atom. The number of hydrogen-bond donors (Lipinski definition) is 1. The minimum absolute atomic E-state index is 0.0502. The third-order valence-electron chi connectivity index (χ3n) is 5.23. The first-order valence-corrected chi connectivity index (χ1v) is 9.47. The second-order valence-corrected chi connectivity index (χ2v) is 7.15.